The number of nitrogens with zero attached hydrogens (tertiary/aromatic N) is 1. The van der Waals surface area contributed by atoms with Crippen LogP contribution in [-0.4, -0.2) is 23.8 Å². The molecule has 0 spiro atoms. The maximum absolute atomic E-state index is 14.4. The minimum absolute atomic E-state index is 0. The van der Waals surface area contributed by atoms with E-state index in [-0.39, 0.29) is 24.3 Å². The minimum Gasteiger partial charge on any atom is -0.334 e. The molecule has 0 saturated carbocycles. The van der Waals surface area contributed by atoms with Crippen LogP contribution >= 0.6 is 24.0 Å². The summed E-state index contributed by atoms with van der Waals surface area (Å²) in [5.41, 5.74) is 1.76. The summed E-state index contributed by atoms with van der Waals surface area (Å²) in [4.78, 5) is 0. The van der Waals surface area contributed by atoms with Crippen molar-refractivity contribution in [3.63, 3.8) is 0 Å². The van der Waals surface area contributed by atoms with Crippen LogP contribution in [0.15, 0.2) is 36.4 Å². The molecule has 122 valence electrons. The first-order chi connectivity index (χ1) is 10.6. The summed E-state index contributed by atoms with van der Waals surface area (Å²) < 4.78 is 30.1. The van der Waals surface area contributed by atoms with E-state index in [1.54, 1.807) is 12.1 Å². The van der Waals surface area contributed by atoms with Gasteiger partial charge in [-0.25, -0.2) is 8.78 Å². The number of aromatic nitrogens is 1. The highest BCUT2D eigenvalue weighted by atomic mass is 35.5. The van der Waals surface area contributed by atoms with Crippen molar-refractivity contribution in [1.82, 2.24) is 9.88 Å². The molecule has 2 aromatic carbocycles. The summed E-state index contributed by atoms with van der Waals surface area (Å²) in [5, 5.41) is 5.32. The van der Waals surface area contributed by atoms with Crippen molar-refractivity contribution >= 4 is 45.8 Å². The van der Waals surface area contributed by atoms with Gasteiger partial charge in [-0.15, -0.1) is 12.4 Å². The second kappa shape index (κ2) is 6.27. The average Bonchev–Trinajstić information content (AvgIpc) is 2.81. The van der Waals surface area contributed by atoms with E-state index in [9.17, 15) is 8.78 Å². The number of alkyl halides is 1. The summed E-state index contributed by atoms with van der Waals surface area (Å²) in [6.07, 6.45) is -0.256. The van der Waals surface area contributed by atoms with Gasteiger partial charge in [-0.3, -0.25) is 0 Å². The number of rotatable bonds is 1. The normalized spacial score (nSPS) is 21.5. The molecule has 2 atom stereocenters. The third-order valence-electron chi connectivity index (χ3n) is 4.43. The monoisotopic (exact) mass is 356 g/mol. The quantitative estimate of drug-likeness (QED) is 0.657. The first-order valence-corrected chi connectivity index (χ1v) is 7.76. The van der Waals surface area contributed by atoms with E-state index < -0.39 is 6.17 Å². The molecule has 6 heteroatoms. The molecule has 3 aromatic rings. The fourth-order valence-electron chi connectivity index (χ4n) is 3.45. The average molecular weight is 357 g/mol. The van der Waals surface area contributed by atoms with Crippen LogP contribution in [-0.2, 0) is 0 Å². The van der Waals surface area contributed by atoms with Gasteiger partial charge in [0.1, 0.15) is 12.0 Å². The van der Waals surface area contributed by atoms with Crippen LogP contribution in [0.4, 0.5) is 8.78 Å². The lowest BCUT2D eigenvalue weighted by atomic mass is 10.0. The molecule has 0 unspecified atom stereocenters. The predicted molar refractivity (Wildman–Crippen MR) is 93.1 cm³/mol. The van der Waals surface area contributed by atoms with Gasteiger partial charge in [0.25, 0.3) is 0 Å². The molecule has 1 fully saturated rings. The van der Waals surface area contributed by atoms with Gasteiger partial charge in [0, 0.05) is 33.4 Å². The lowest BCUT2D eigenvalue weighted by Crippen LogP contribution is -2.39. The SMILES string of the molecule is Cl.Fc1ccc2c(c1)c1cc(Cl)ccc1n2[C@H]1CCNC[C@H]1F. The van der Waals surface area contributed by atoms with Crippen LogP contribution in [0, 0.1) is 5.82 Å². The second-order valence-corrected chi connectivity index (χ2v) is 6.21. The topological polar surface area (TPSA) is 17.0 Å². The van der Waals surface area contributed by atoms with Crippen LogP contribution in [0.1, 0.15) is 12.5 Å². The highest BCUT2D eigenvalue weighted by Gasteiger charge is 2.28. The predicted octanol–water partition coefficient (Wildman–Crippen LogP) is 4.88. The zero-order chi connectivity index (χ0) is 15.3. The van der Waals surface area contributed by atoms with Crippen LogP contribution < -0.4 is 5.32 Å². The third-order valence-corrected chi connectivity index (χ3v) is 4.67. The molecule has 23 heavy (non-hydrogen) atoms. The Morgan fingerprint density at radius 3 is 2.52 bits per heavy atom. The summed E-state index contributed by atoms with van der Waals surface area (Å²) in [6.45, 7) is 1.13. The van der Waals surface area contributed by atoms with Gasteiger partial charge in [0.2, 0.25) is 0 Å². The van der Waals surface area contributed by atoms with E-state index in [1.807, 2.05) is 16.7 Å². The molecular formula is C17H16Cl2F2N2. The van der Waals surface area contributed by atoms with Crippen molar-refractivity contribution in [3.05, 3.63) is 47.2 Å². The number of hydrogen-bond acceptors (Lipinski definition) is 1. The second-order valence-electron chi connectivity index (χ2n) is 5.77. The lowest BCUT2D eigenvalue weighted by molar-refractivity contribution is 0.190. The highest BCUT2D eigenvalue weighted by molar-refractivity contribution is 6.31. The molecule has 1 N–H and O–H groups in total. The number of benzene rings is 2. The Morgan fingerprint density at radius 1 is 1.09 bits per heavy atom. The number of halogens is 4. The van der Waals surface area contributed by atoms with Crippen molar-refractivity contribution < 1.29 is 8.78 Å². The molecule has 1 aliphatic heterocycles. The van der Waals surface area contributed by atoms with Crippen molar-refractivity contribution in [2.75, 3.05) is 13.1 Å². The van der Waals surface area contributed by atoms with Gasteiger partial charge in [-0.2, -0.15) is 0 Å². The zero-order valence-electron chi connectivity index (χ0n) is 12.2. The lowest BCUT2D eigenvalue weighted by Gasteiger charge is -2.29. The van der Waals surface area contributed by atoms with Gasteiger partial charge in [0.15, 0.2) is 0 Å². The molecule has 2 heterocycles. The Balaban J connectivity index is 0.00000156. The largest absolute Gasteiger partial charge is 0.334 e. The molecule has 0 aliphatic carbocycles. The minimum atomic E-state index is -0.965. The van der Waals surface area contributed by atoms with Gasteiger partial charge < -0.3 is 9.88 Å². The van der Waals surface area contributed by atoms with Crippen molar-refractivity contribution in [2.45, 2.75) is 18.6 Å². The Kier molecular flexibility index (Phi) is 4.50. The molecular weight excluding hydrogens is 341 g/mol. The molecule has 0 amide bonds. The Bertz CT molecular complexity index is 803. The standard InChI is InChI=1S/C17H15ClF2N2.ClH/c18-10-1-3-15-12(7-10)13-8-11(19)2-4-16(13)22(15)17-5-6-21-9-14(17)20;/h1-4,7-8,14,17,21H,5-6,9H2;1H/t14-,17+;/m1./s1. The van der Waals surface area contributed by atoms with Crippen LogP contribution in [0.25, 0.3) is 21.8 Å². The fraction of sp³-hybridized carbons (Fsp3) is 0.294. The van der Waals surface area contributed by atoms with Gasteiger partial charge in [-0.05, 0) is 49.4 Å². The number of fused-ring (bicyclic) bond motifs is 3. The molecule has 4 rings (SSSR count). The van der Waals surface area contributed by atoms with E-state index in [0.717, 1.165) is 28.4 Å². The summed E-state index contributed by atoms with van der Waals surface area (Å²) in [5.74, 6) is -0.298. The number of hydrogen-bond donors (Lipinski definition) is 1. The van der Waals surface area contributed by atoms with Crippen LogP contribution in [0.3, 0.4) is 0 Å². The highest BCUT2D eigenvalue weighted by Crippen LogP contribution is 2.36. The summed E-state index contributed by atoms with van der Waals surface area (Å²) >= 11 is 6.10. The van der Waals surface area contributed by atoms with Crippen molar-refractivity contribution in [2.24, 2.45) is 0 Å². The molecule has 1 saturated heterocycles. The summed E-state index contributed by atoms with van der Waals surface area (Å²) in [7, 11) is 0. The summed E-state index contributed by atoms with van der Waals surface area (Å²) in [6, 6.07) is 9.92. The molecule has 0 bridgehead atoms. The first kappa shape index (κ1) is 16.5. The van der Waals surface area contributed by atoms with Gasteiger partial charge >= 0.3 is 0 Å². The third kappa shape index (κ3) is 2.69. The molecule has 1 aliphatic rings. The van der Waals surface area contributed by atoms with E-state index in [2.05, 4.69) is 5.32 Å². The van der Waals surface area contributed by atoms with Gasteiger partial charge in [-0.1, -0.05) is 11.6 Å². The fourth-order valence-corrected chi connectivity index (χ4v) is 3.62. The van der Waals surface area contributed by atoms with E-state index >= 15 is 0 Å². The zero-order valence-corrected chi connectivity index (χ0v) is 13.8. The van der Waals surface area contributed by atoms with E-state index in [0.29, 0.717) is 18.0 Å². The molecule has 2 nitrogen and oxygen atoms in total. The Morgan fingerprint density at radius 2 is 1.78 bits per heavy atom. The van der Waals surface area contributed by atoms with Crippen LogP contribution in [0.5, 0.6) is 0 Å². The Hall–Kier alpha value is -1.36. The Labute approximate surface area is 143 Å². The smallest absolute Gasteiger partial charge is 0.133 e. The number of piperidine rings is 1. The van der Waals surface area contributed by atoms with Gasteiger partial charge in [0.05, 0.1) is 6.04 Å². The first-order valence-electron chi connectivity index (χ1n) is 7.38. The maximum Gasteiger partial charge on any atom is 0.133 e. The number of nitrogens with one attached hydrogen (secondary N) is 1. The van der Waals surface area contributed by atoms with Crippen molar-refractivity contribution in [3.8, 4) is 0 Å². The van der Waals surface area contributed by atoms with E-state index in [4.69, 9.17) is 11.6 Å². The molecule has 1 aromatic heterocycles. The van der Waals surface area contributed by atoms with Crippen LogP contribution in [0.2, 0.25) is 5.02 Å². The van der Waals surface area contributed by atoms with Crippen molar-refractivity contribution in [1.29, 1.82) is 0 Å². The van der Waals surface area contributed by atoms with E-state index in [1.165, 1.54) is 12.1 Å². The molecule has 0 radical (unpaired) electrons. The maximum atomic E-state index is 14.4.